The second-order valence-electron chi connectivity index (χ2n) is 5.74. The van der Waals surface area contributed by atoms with E-state index in [4.69, 9.17) is 0 Å². The van der Waals surface area contributed by atoms with Crippen molar-refractivity contribution in [3.05, 3.63) is 23.8 Å². The van der Waals surface area contributed by atoms with Gasteiger partial charge in [-0.2, -0.15) is 0 Å². The smallest absolute Gasteiger partial charge is 0.123 e. The van der Waals surface area contributed by atoms with Crippen LogP contribution >= 0.6 is 0 Å². The molecule has 0 aliphatic heterocycles. The average molecular weight is 263 g/mol. The fraction of sp³-hybridized carbons (Fsp3) is 0.625. The van der Waals surface area contributed by atoms with Gasteiger partial charge in [0.1, 0.15) is 11.5 Å². The van der Waals surface area contributed by atoms with Gasteiger partial charge in [-0.25, -0.2) is 0 Å². The van der Waals surface area contributed by atoms with Crippen molar-refractivity contribution in [1.82, 2.24) is 5.32 Å². The fourth-order valence-electron chi connectivity index (χ4n) is 2.96. The molecule has 0 saturated heterocycles. The molecule has 2 rings (SSSR count). The standard InChI is InChI=1S/C16H25NO2/c1-2-12-3-5-13(6-4-12)10-17-11-14-7-8-15(18)9-16(14)19/h7-9,12-13,17-19H,2-6,10-11H2,1H3. The molecule has 1 saturated carbocycles. The highest BCUT2D eigenvalue weighted by Crippen LogP contribution is 2.30. The lowest BCUT2D eigenvalue weighted by atomic mass is 9.81. The summed E-state index contributed by atoms with van der Waals surface area (Å²) >= 11 is 0. The topological polar surface area (TPSA) is 52.5 Å². The summed E-state index contributed by atoms with van der Waals surface area (Å²) in [7, 11) is 0. The molecule has 0 aromatic heterocycles. The van der Waals surface area contributed by atoms with Crippen LogP contribution in [0.3, 0.4) is 0 Å². The molecule has 0 spiro atoms. The second-order valence-corrected chi connectivity index (χ2v) is 5.74. The van der Waals surface area contributed by atoms with E-state index < -0.39 is 0 Å². The summed E-state index contributed by atoms with van der Waals surface area (Å²) < 4.78 is 0. The molecule has 1 aliphatic rings. The molecule has 1 aromatic rings. The van der Waals surface area contributed by atoms with Crippen molar-refractivity contribution in [2.24, 2.45) is 11.8 Å². The number of phenolic OH excluding ortho intramolecular Hbond substituents is 2. The molecule has 3 heteroatoms. The molecule has 0 atom stereocenters. The molecule has 3 nitrogen and oxygen atoms in total. The first kappa shape index (κ1) is 14.2. The van der Waals surface area contributed by atoms with Crippen LogP contribution in [0.15, 0.2) is 18.2 Å². The summed E-state index contributed by atoms with van der Waals surface area (Å²) in [6.07, 6.45) is 6.71. The lowest BCUT2D eigenvalue weighted by Crippen LogP contribution is -2.26. The van der Waals surface area contributed by atoms with E-state index in [0.717, 1.165) is 23.9 Å². The molecule has 0 amide bonds. The number of phenols is 2. The third kappa shape index (κ3) is 4.13. The van der Waals surface area contributed by atoms with E-state index in [9.17, 15) is 10.2 Å². The quantitative estimate of drug-likeness (QED) is 0.763. The first-order chi connectivity index (χ1) is 9.19. The van der Waals surface area contributed by atoms with Crippen molar-refractivity contribution < 1.29 is 10.2 Å². The van der Waals surface area contributed by atoms with Crippen molar-refractivity contribution in [2.45, 2.75) is 45.6 Å². The SMILES string of the molecule is CCC1CCC(CNCc2ccc(O)cc2O)CC1. The van der Waals surface area contributed by atoms with Gasteiger partial charge in [0.05, 0.1) is 0 Å². The number of hydrogen-bond acceptors (Lipinski definition) is 3. The minimum absolute atomic E-state index is 0.110. The van der Waals surface area contributed by atoms with Crippen LogP contribution in [0.1, 0.15) is 44.6 Å². The Bertz CT molecular complexity index is 398. The average Bonchev–Trinajstić information content (AvgIpc) is 2.42. The van der Waals surface area contributed by atoms with Crippen molar-refractivity contribution in [1.29, 1.82) is 0 Å². The van der Waals surface area contributed by atoms with Crippen molar-refractivity contribution in [3.8, 4) is 11.5 Å². The van der Waals surface area contributed by atoms with Crippen molar-refractivity contribution in [2.75, 3.05) is 6.54 Å². The molecule has 0 heterocycles. The fourth-order valence-corrected chi connectivity index (χ4v) is 2.96. The molecule has 1 aliphatic carbocycles. The van der Waals surface area contributed by atoms with Gasteiger partial charge >= 0.3 is 0 Å². The third-order valence-corrected chi connectivity index (χ3v) is 4.36. The third-order valence-electron chi connectivity index (χ3n) is 4.36. The molecule has 106 valence electrons. The maximum atomic E-state index is 9.69. The van der Waals surface area contributed by atoms with Gasteiger partial charge in [0.15, 0.2) is 0 Å². The summed E-state index contributed by atoms with van der Waals surface area (Å²) in [5, 5.41) is 22.4. The Labute approximate surface area is 115 Å². The molecular formula is C16H25NO2. The van der Waals surface area contributed by atoms with Gasteiger partial charge in [0, 0.05) is 18.2 Å². The summed E-state index contributed by atoms with van der Waals surface area (Å²) in [6, 6.07) is 4.78. The molecule has 3 N–H and O–H groups in total. The number of aromatic hydroxyl groups is 2. The van der Waals surface area contributed by atoms with Crippen molar-refractivity contribution >= 4 is 0 Å². The number of benzene rings is 1. The van der Waals surface area contributed by atoms with Gasteiger partial charge in [0.25, 0.3) is 0 Å². The van der Waals surface area contributed by atoms with E-state index in [1.54, 1.807) is 12.1 Å². The van der Waals surface area contributed by atoms with Crippen LogP contribution in [-0.2, 0) is 6.54 Å². The van der Waals surface area contributed by atoms with Gasteiger partial charge in [-0.15, -0.1) is 0 Å². The monoisotopic (exact) mass is 263 g/mol. The zero-order chi connectivity index (χ0) is 13.7. The minimum atomic E-state index is 0.110. The van der Waals surface area contributed by atoms with Gasteiger partial charge in [0.2, 0.25) is 0 Å². The summed E-state index contributed by atoms with van der Waals surface area (Å²) in [5.74, 6) is 2.00. The van der Waals surface area contributed by atoms with Crippen LogP contribution in [0.5, 0.6) is 11.5 Å². The van der Waals surface area contributed by atoms with Crippen LogP contribution < -0.4 is 5.32 Å². The Morgan fingerprint density at radius 1 is 1.11 bits per heavy atom. The zero-order valence-electron chi connectivity index (χ0n) is 11.7. The van der Waals surface area contributed by atoms with Crippen LogP contribution in [0.2, 0.25) is 0 Å². The molecule has 1 aromatic carbocycles. The Hall–Kier alpha value is -1.22. The summed E-state index contributed by atoms with van der Waals surface area (Å²) in [5.41, 5.74) is 0.847. The summed E-state index contributed by atoms with van der Waals surface area (Å²) in [6.45, 7) is 3.98. The molecule has 19 heavy (non-hydrogen) atoms. The zero-order valence-corrected chi connectivity index (χ0v) is 11.7. The second kappa shape index (κ2) is 6.80. The Morgan fingerprint density at radius 2 is 1.79 bits per heavy atom. The summed E-state index contributed by atoms with van der Waals surface area (Å²) in [4.78, 5) is 0. The van der Waals surface area contributed by atoms with E-state index in [-0.39, 0.29) is 11.5 Å². The van der Waals surface area contributed by atoms with Gasteiger partial charge in [-0.1, -0.05) is 32.3 Å². The van der Waals surface area contributed by atoms with Crippen LogP contribution in [0, 0.1) is 11.8 Å². The largest absolute Gasteiger partial charge is 0.508 e. The molecular weight excluding hydrogens is 238 g/mol. The van der Waals surface area contributed by atoms with E-state index in [2.05, 4.69) is 12.2 Å². The minimum Gasteiger partial charge on any atom is -0.508 e. The van der Waals surface area contributed by atoms with Gasteiger partial charge in [-0.3, -0.25) is 0 Å². The normalized spacial score (nSPS) is 23.4. The number of hydrogen-bond donors (Lipinski definition) is 3. The lowest BCUT2D eigenvalue weighted by molar-refractivity contribution is 0.262. The number of nitrogens with one attached hydrogen (secondary N) is 1. The Morgan fingerprint density at radius 3 is 2.42 bits per heavy atom. The maximum Gasteiger partial charge on any atom is 0.123 e. The van der Waals surface area contributed by atoms with E-state index in [0.29, 0.717) is 6.54 Å². The van der Waals surface area contributed by atoms with Gasteiger partial charge in [-0.05, 0) is 37.3 Å². The first-order valence-corrected chi connectivity index (χ1v) is 7.40. The highest BCUT2D eigenvalue weighted by atomic mass is 16.3. The Balaban J connectivity index is 1.72. The van der Waals surface area contributed by atoms with Gasteiger partial charge < -0.3 is 15.5 Å². The van der Waals surface area contributed by atoms with Crippen LogP contribution in [0.25, 0.3) is 0 Å². The predicted molar refractivity (Wildman–Crippen MR) is 77.2 cm³/mol. The highest BCUT2D eigenvalue weighted by Gasteiger charge is 2.19. The first-order valence-electron chi connectivity index (χ1n) is 7.40. The molecule has 1 fully saturated rings. The molecule has 0 bridgehead atoms. The van der Waals surface area contributed by atoms with E-state index in [1.807, 2.05) is 0 Å². The van der Waals surface area contributed by atoms with Crippen molar-refractivity contribution in [3.63, 3.8) is 0 Å². The molecule has 0 unspecified atom stereocenters. The van der Waals surface area contributed by atoms with Crippen LogP contribution in [-0.4, -0.2) is 16.8 Å². The van der Waals surface area contributed by atoms with E-state index in [1.165, 1.54) is 38.2 Å². The highest BCUT2D eigenvalue weighted by molar-refractivity contribution is 5.38. The number of rotatable bonds is 5. The van der Waals surface area contributed by atoms with Crippen LogP contribution in [0.4, 0.5) is 0 Å². The maximum absolute atomic E-state index is 9.69. The molecule has 0 radical (unpaired) electrons. The predicted octanol–water partition coefficient (Wildman–Crippen LogP) is 3.40. The lowest BCUT2D eigenvalue weighted by Gasteiger charge is -2.28. The Kier molecular flexibility index (Phi) is 5.08. The van der Waals surface area contributed by atoms with E-state index >= 15 is 0 Å².